The molecule has 0 aromatic carbocycles. The van der Waals surface area contributed by atoms with Gasteiger partial charge in [0.25, 0.3) is 11.8 Å². The van der Waals surface area contributed by atoms with E-state index in [0.717, 1.165) is 24.2 Å². The van der Waals surface area contributed by atoms with Crippen LogP contribution in [0.5, 0.6) is 0 Å². The lowest BCUT2D eigenvalue weighted by Crippen LogP contribution is -2.51. The monoisotopic (exact) mass is 413 g/mol. The Hall–Kier alpha value is -2.97. The van der Waals surface area contributed by atoms with E-state index in [-0.39, 0.29) is 30.3 Å². The normalized spacial score (nSPS) is 21.6. The van der Waals surface area contributed by atoms with Gasteiger partial charge >= 0.3 is 6.03 Å². The number of urea groups is 1. The smallest absolute Gasteiger partial charge is 0.325 e. The highest BCUT2D eigenvalue weighted by Gasteiger charge is 2.51. The summed E-state index contributed by atoms with van der Waals surface area (Å²) in [5, 5.41) is 5.81. The molecule has 3 aliphatic rings. The van der Waals surface area contributed by atoms with Gasteiger partial charge in [-0.15, -0.1) is 0 Å². The summed E-state index contributed by atoms with van der Waals surface area (Å²) in [6, 6.07) is 2.93. The van der Waals surface area contributed by atoms with Gasteiger partial charge in [0.05, 0.1) is 5.56 Å². The highest BCUT2D eigenvalue weighted by atomic mass is 16.2. The van der Waals surface area contributed by atoms with Crippen LogP contribution in [0.3, 0.4) is 0 Å². The predicted octanol–water partition coefficient (Wildman–Crippen LogP) is 1.06. The Bertz CT molecular complexity index is 829. The van der Waals surface area contributed by atoms with Crippen molar-refractivity contribution in [3.63, 3.8) is 0 Å². The summed E-state index contributed by atoms with van der Waals surface area (Å²) in [4.78, 5) is 56.9. The topological polar surface area (TPSA) is 112 Å². The summed E-state index contributed by atoms with van der Waals surface area (Å²) in [6.07, 6.45) is 8.56. The van der Waals surface area contributed by atoms with Gasteiger partial charge in [-0.25, -0.2) is 4.79 Å². The second-order valence-electron chi connectivity index (χ2n) is 8.33. The molecule has 9 heteroatoms. The van der Waals surface area contributed by atoms with E-state index in [4.69, 9.17) is 0 Å². The number of likely N-dealkylation sites (tertiary alicyclic amines) is 1. The molecule has 1 aromatic heterocycles. The predicted molar refractivity (Wildman–Crippen MR) is 107 cm³/mol. The van der Waals surface area contributed by atoms with Gasteiger partial charge in [-0.1, -0.05) is 19.3 Å². The molecule has 0 bridgehead atoms. The van der Waals surface area contributed by atoms with Gasteiger partial charge < -0.3 is 15.5 Å². The fourth-order valence-corrected chi connectivity index (χ4v) is 4.59. The maximum absolute atomic E-state index is 12.8. The molecule has 3 heterocycles. The first kappa shape index (κ1) is 20.3. The quantitative estimate of drug-likeness (QED) is 0.717. The van der Waals surface area contributed by atoms with Crippen molar-refractivity contribution in [3.8, 4) is 0 Å². The van der Waals surface area contributed by atoms with Crippen molar-refractivity contribution in [1.82, 2.24) is 25.4 Å². The number of piperidine rings is 1. The van der Waals surface area contributed by atoms with E-state index in [2.05, 4.69) is 15.6 Å². The second-order valence-corrected chi connectivity index (χ2v) is 8.33. The number of nitrogens with zero attached hydrogens (tertiary/aromatic N) is 3. The number of carbonyl (C=O) groups is 4. The lowest BCUT2D eigenvalue weighted by Gasteiger charge is -2.33. The molecule has 9 nitrogen and oxygen atoms in total. The van der Waals surface area contributed by atoms with E-state index in [0.29, 0.717) is 44.3 Å². The van der Waals surface area contributed by atoms with Crippen LogP contribution >= 0.6 is 0 Å². The van der Waals surface area contributed by atoms with Gasteiger partial charge in [0.15, 0.2) is 0 Å². The minimum atomic E-state index is -0.806. The first-order valence-electron chi connectivity index (χ1n) is 10.6. The van der Waals surface area contributed by atoms with Crippen molar-refractivity contribution in [3.05, 3.63) is 30.1 Å². The van der Waals surface area contributed by atoms with Crippen molar-refractivity contribution in [1.29, 1.82) is 0 Å². The van der Waals surface area contributed by atoms with Crippen molar-refractivity contribution < 1.29 is 19.2 Å². The Labute approximate surface area is 175 Å². The molecule has 1 aromatic rings. The van der Waals surface area contributed by atoms with Crippen LogP contribution < -0.4 is 10.6 Å². The first-order chi connectivity index (χ1) is 14.5. The van der Waals surface area contributed by atoms with Gasteiger partial charge in [-0.05, 0) is 37.8 Å². The standard InChI is InChI=1S/C21H27N5O4/c27-17(14-26-19(29)21(24-20(26)30)8-2-1-3-9-21)25-11-6-16(7-12-25)23-18(28)15-5-4-10-22-13-15/h4-5,10,13,16H,1-3,6-9,11-12,14H2,(H,23,28)(H,24,30). The SMILES string of the molecule is O=C(NC1CCN(C(=O)CN2C(=O)NC3(CCCCC3)C2=O)CC1)c1cccnc1. The Balaban J connectivity index is 1.28. The molecule has 2 saturated heterocycles. The molecule has 3 fully saturated rings. The highest BCUT2D eigenvalue weighted by molar-refractivity contribution is 6.09. The minimum absolute atomic E-state index is 0.0241. The molecule has 30 heavy (non-hydrogen) atoms. The Morgan fingerprint density at radius 2 is 1.90 bits per heavy atom. The van der Waals surface area contributed by atoms with Crippen LogP contribution in [-0.4, -0.2) is 69.8 Å². The first-order valence-corrected chi connectivity index (χ1v) is 10.6. The largest absolute Gasteiger partial charge is 0.349 e. The fourth-order valence-electron chi connectivity index (χ4n) is 4.59. The Kier molecular flexibility index (Phi) is 5.69. The Morgan fingerprint density at radius 3 is 2.57 bits per heavy atom. The van der Waals surface area contributed by atoms with Crippen molar-refractivity contribution >= 4 is 23.8 Å². The van der Waals surface area contributed by atoms with Crippen molar-refractivity contribution in [2.75, 3.05) is 19.6 Å². The number of amides is 5. The summed E-state index contributed by atoms with van der Waals surface area (Å²) in [5.74, 6) is -0.674. The van der Waals surface area contributed by atoms with E-state index >= 15 is 0 Å². The van der Waals surface area contributed by atoms with Gasteiger partial charge in [0.2, 0.25) is 5.91 Å². The highest BCUT2D eigenvalue weighted by Crippen LogP contribution is 2.33. The van der Waals surface area contributed by atoms with Gasteiger partial charge in [-0.3, -0.25) is 24.3 Å². The molecule has 160 valence electrons. The third-order valence-corrected chi connectivity index (χ3v) is 6.35. The number of hydrogen-bond acceptors (Lipinski definition) is 5. The molecule has 1 saturated carbocycles. The summed E-state index contributed by atoms with van der Waals surface area (Å²) in [5.41, 5.74) is -0.301. The van der Waals surface area contributed by atoms with E-state index in [1.165, 1.54) is 6.20 Å². The summed E-state index contributed by atoms with van der Waals surface area (Å²) >= 11 is 0. The lowest BCUT2D eigenvalue weighted by molar-refractivity contribution is -0.140. The number of nitrogens with one attached hydrogen (secondary N) is 2. The molecule has 0 unspecified atom stereocenters. The third-order valence-electron chi connectivity index (χ3n) is 6.35. The number of aromatic nitrogens is 1. The van der Waals surface area contributed by atoms with Crippen LogP contribution in [0, 0.1) is 0 Å². The van der Waals surface area contributed by atoms with E-state index in [1.807, 2.05) is 0 Å². The maximum atomic E-state index is 12.8. The van der Waals surface area contributed by atoms with E-state index in [9.17, 15) is 19.2 Å². The zero-order chi connectivity index (χ0) is 21.1. The lowest BCUT2D eigenvalue weighted by atomic mass is 9.82. The zero-order valence-electron chi connectivity index (χ0n) is 16.9. The molecular formula is C21H27N5O4. The maximum Gasteiger partial charge on any atom is 0.325 e. The average molecular weight is 413 g/mol. The van der Waals surface area contributed by atoms with E-state index < -0.39 is 11.6 Å². The van der Waals surface area contributed by atoms with Crippen LogP contribution in [0.25, 0.3) is 0 Å². The fraction of sp³-hybridized carbons (Fsp3) is 0.571. The Morgan fingerprint density at radius 1 is 1.17 bits per heavy atom. The van der Waals surface area contributed by atoms with Crippen LogP contribution in [0.15, 0.2) is 24.5 Å². The molecule has 2 N–H and O–H groups in total. The molecule has 0 atom stereocenters. The van der Waals surface area contributed by atoms with E-state index in [1.54, 1.807) is 23.2 Å². The summed E-state index contributed by atoms with van der Waals surface area (Å²) < 4.78 is 0. The van der Waals surface area contributed by atoms with Crippen LogP contribution in [-0.2, 0) is 9.59 Å². The van der Waals surface area contributed by atoms with Crippen LogP contribution in [0.2, 0.25) is 0 Å². The van der Waals surface area contributed by atoms with Crippen LogP contribution in [0.1, 0.15) is 55.3 Å². The van der Waals surface area contributed by atoms with Gasteiger partial charge in [-0.2, -0.15) is 0 Å². The third kappa shape index (κ3) is 4.01. The number of carbonyl (C=O) groups excluding carboxylic acids is 4. The summed E-state index contributed by atoms with van der Waals surface area (Å²) in [7, 11) is 0. The van der Waals surface area contributed by atoms with Gasteiger partial charge in [0, 0.05) is 31.5 Å². The van der Waals surface area contributed by atoms with Crippen molar-refractivity contribution in [2.24, 2.45) is 0 Å². The van der Waals surface area contributed by atoms with Crippen molar-refractivity contribution in [2.45, 2.75) is 56.5 Å². The number of hydrogen-bond donors (Lipinski definition) is 2. The van der Waals surface area contributed by atoms with Crippen LogP contribution in [0.4, 0.5) is 4.79 Å². The minimum Gasteiger partial charge on any atom is -0.349 e. The molecule has 2 aliphatic heterocycles. The molecule has 5 amide bonds. The average Bonchev–Trinajstić information content (AvgIpc) is 2.99. The number of pyridine rings is 1. The van der Waals surface area contributed by atoms with Gasteiger partial charge in [0.1, 0.15) is 12.1 Å². The number of imide groups is 1. The molecule has 1 aliphatic carbocycles. The molecular weight excluding hydrogens is 386 g/mol. The summed E-state index contributed by atoms with van der Waals surface area (Å²) in [6.45, 7) is 0.732. The zero-order valence-corrected chi connectivity index (χ0v) is 16.9. The molecule has 4 rings (SSSR count). The second kappa shape index (κ2) is 8.41. The molecule has 1 spiro atoms. The molecule has 0 radical (unpaired) electrons. The number of rotatable bonds is 4.